The van der Waals surface area contributed by atoms with Crippen LogP contribution in [0.4, 0.5) is 19.3 Å². The quantitative estimate of drug-likeness (QED) is 0.411. The number of nitrogens with one attached hydrogen (secondary N) is 3. The fraction of sp³-hybridized carbons (Fsp3) is 0.154. The van der Waals surface area contributed by atoms with Crippen LogP contribution in [0.1, 0.15) is 23.7 Å². The second-order valence-corrected chi connectivity index (χ2v) is 8.22. The Balaban J connectivity index is 1.46. The van der Waals surface area contributed by atoms with Gasteiger partial charge < -0.3 is 5.32 Å². The van der Waals surface area contributed by atoms with E-state index in [2.05, 4.69) is 25.8 Å². The molecule has 1 aliphatic heterocycles. The number of amidine groups is 1. The molecule has 35 heavy (non-hydrogen) atoms. The van der Waals surface area contributed by atoms with Gasteiger partial charge in [0.1, 0.15) is 17.5 Å². The minimum absolute atomic E-state index is 0.0478. The van der Waals surface area contributed by atoms with E-state index >= 15 is 0 Å². The van der Waals surface area contributed by atoms with Crippen molar-refractivity contribution in [2.45, 2.75) is 19.8 Å². The Bertz CT molecular complexity index is 1560. The number of hydrogen-bond donors (Lipinski definition) is 3. The summed E-state index contributed by atoms with van der Waals surface area (Å²) in [6.45, 7) is 2.33. The number of carbonyl (C=O) groups is 1. The second kappa shape index (κ2) is 9.09. The van der Waals surface area contributed by atoms with Crippen LogP contribution in [-0.2, 0) is 12.8 Å². The van der Waals surface area contributed by atoms with Crippen LogP contribution in [0, 0.1) is 11.6 Å². The number of halogens is 2. The largest absolute Gasteiger partial charge is 0.338 e. The van der Waals surface area contributed by atoms with Crippen molar-refractivity contribution in [1.82, 2.24) is 20.8 Å². The van der Waals surface area contributed by atoms with E-state index < -0.39 is 17.2 Å². The lowest BCUT2D eigenvalue weighted by Crippen LogP contribution is -2.39. The number of aliphatic imine (C=N–C) groups is 1. The third-order valence-corrected chi connectivity index (χ3v) is 5.85. The third kappa shape index (κ3) is 4.40. The zero-order valence-electron chi connectivity index (χ0n) is 18.8. The van der Waals surface area contributed by atoms with Gasteiger partial charge in [-0.15, -0.1) is 0 Å². The molecule has 0 saturated heterocycles. The summed E-state index contributed by atoms with van der Waals surface area (Å²) >= 11 is 0. The first kappa shape index (κ1) is 22.4. The van der Waals surface area contributed by atoms with Gasteiger partial charge in [0, 0.05) is 30.3 Å². The summed E-state index contributed by atoms with van der Waals surface area (Å²) in [6.07, 6.45) is 0.754. The third-order valence-electron chi connectivity index (χ3n) is 5.85. The number of fused-ring (bicyclic) bond motifs is 2. The van der Waals surface area contributed by atoms with Gasteiger partial charge in [0.2, 0.25) is 0 Å². The highest BCUT2D eigenvalue weighted by Crippen LogP contribution is 2.33. The first-order valence-electron chi connectivity index (χ1n) is 11.1. The smallest absolute Gasteiger partial charge is 0.320 e. The Kier molecular flexibility index (Phi) is 5.82. The Morgan fingerprint density at radius 3 is 2.77 bits per heavy atom. The van der Waals surface area contributed by atoms with Crippen molar-refractivity contribution in [3.05, 3.63) is 93.4 Å². The predicted octanol–water partition coefficient (Wildman–Crippen LogP) is 4.36. The summed E-state index contributed by atoms with van der Waals surface area (Å²) in [6, 6.07) is 14.3. The maximum atomic E-state index is 14.8. The summed E-state index contributed by atoms with van der Waals surface area (Å²) in [4.78, 5) is 28.3. The van der Waals surface area contributed by atoms with Crippen LogP contribution < -0.4 is 16.2 Å². The molecule has 2 amide bonds. The molecule has 4 aromatic rings. The number of aromatic nitrogens is 2. The minimum atomic E-state index is -0.619. The molecule has 0 aliphatic carbocycles. The Hall–Kier alpha value is -4.40. The van der Waals surface area contributed by atoms with Gasteiger partial charge in [-0.1, -0.05) is 30.3 Å². The van der Waals surface area contributed by atoms with E-state index in [9.17, 15) is 18.4 Å². The van der Waals surface area contributed by atoms with E-state index in [1.165, 1.54) is 18.2 Å². The van der Waals surface area contributed by atoms with E-state index in [-0.39, 0.29) is 17.8 Å². The fourth-order valence-corrected chi connectivity index (χ4v) is 4.22. The minimum Gasteiger partial charge on any atom is -0.338 e. The Morgan fingerprint density at radius 1 is 1.09 bits per heavy atom. The lowest BCUT2D eigenvalue weighted by Gasteiger charge is -2.10. The average Bonchev–Trinajstić information content (AvgIpc) is 3.23. The maximum Gasteiger partial charge on any atom is 0.320 e. The normalized spacial score (nSPS) is 12.4. The van der Waals surface area contributed by atoms with Crippen molar-refractivity contribution in [2.24, 2.45) is 4.99 Å². The summed E-state index contributed by atoms with van der Waals surface area (Å²) in [5, 5.41) is 12.2. The van der Waals surface area contributed by atoms with Crippen molar-refractivity contribution in [3.63, 3.8) is 0 Å². The molecule has 9 heteroatoms. The van der Waals surface area contributed by atoms with Crippen LogP contribution in [-0.4, -0.2) is 28.6 Å². The highest BCUT2D eigenvalue weighted by atomic mass is 19.1. The van der Waals surface area contributed by atoms with E-state index in [0.717, 1.165) is 11.1 Å². The molecule has 3 aromatic carbocycles. The topological polar surface area (TPSA) is 99.2 Å². The SMILES string of the molecule is CCNC(=O)NC1=Nc2cc(-c3cc(Cc4n[nH]c(=O)c5c(F)cccc45)ccc3F)ccc2C1. The van der Waals surface area contributed by atoms with Crippen LogP contribution in [0.2, 0.25) is 0 Å². The maximum absolute atomic E-state index is 14.8. The number of urea groups is 1. The summed E-state index contributed by atoms with van der Waals surface area (Å²) in [7, 11) is 0. The summed E-state index contributed by atoms with van der Waals surface area (Å²) in [5.41, 5.74) is 3.25. The number of aromatic amines is 1. The highest BCUT2D eigenvalue weighted by molar-refractivity contribution is 6.02. The molecule has 2 heterocycles. The highest BCUT2D eigenvalue weighted by Gasteiger charge is 2.18. The number of carbonyl (C=O) groups excluding carboxylic acids is 1. The predicted molar refractivity (Wildman–Crippen MR) is 130 cm³/mol. The molecular weight excluding hydrogens is 452 g/mol. The van der Waals surface area contributed by atoms with Gasteiger partial charge in [-0.3, -0.25) is 10.1 Å². The first-order valence-corrected chi connectivity index (χ1v) is 11.1. The number of hydrogen-bond acceptors (Lipinski definition) is 4. The van der Waals surface area contributed by atoms with Crippen LogP contribution >= 0.6 is 0 Å². The van der Waals surface area contributed by atoms with Crippen molar-refractivity contribution in [3.8, 4) is 11.1 Å². The number of H-pyrrole nitrogens is 1. The number of nitrogens with zero attached hydrogens (tertiary/aromatic N) is 2. The van der Waals surface area contributed by atoms with Gasteiger partial charge in [-0.2, -0.15) is 5.10 Å². The van der Waals surface area contributed by atoms with Gasteiger partial charge in [-0.05, 0) is 47.9 Å². The van der Waals surface area contributed by atoms with E-state index in [1.54, 1.807) is 24.3 Å². The Labute approximate surface area is 198 Å². The van der Waals surface area contributed by atoms with Gasteiger partial charge in [-0.25, -0.2) is 23.7 Å². The van der Waals surface area contributed by atoms with Gasteiger partial charge >= 0.3 is 6.03 Å². The molecular formula is C26H21F2N5O2. The molecule has 7 nitrogen and oxygen atoms in total. The first-order chi connectivity index (χ1) is 16.9. The van der Waals surface area contributed by atoms with Crippen molar-refractivity contribution < 1.29 is 13.6 Å². The zero-order chi connectivity index (χ0) is 24.5. The molecule has 3 N–H and O–H groups in total. The van der Waals surface area contributed by atoms with E-state index in [4.69, 9.17) is 0 Å². The fourth-order valence-electron chi connectivity index (χ4n) is 4.22. The number of rotatable bonds is 4. The Morgan fingerprint density at radius 2 is 1.94 bits per heavy atom. The number of amides is 2. The van der Waals surface area contributed by atoms with Crippen molar-refractivity contribution >= 4 is 28.3 Å². The molecule has 0 saturated carbocycles. The molecule has 0 radical (unpaired) electrons. The van der Waals surface area contributed by atoms with E-state index in [1.807, 2.05) is 19.1 Å². The zero-order valence-corrected chi connectivity index (χ0v) is 18.8. The molecule has 5 rings (SSSR count). The number of benzene rings is 3. The van der Waals surface area contributed by atoms with Crippen LogP contribution in [0.15, 0.2) is 64.4 Å². The van der Waals surface area contributed by atoms with Gasteiger partial charge in [0.25, 0.3) is 5.56 Å². The summed E-state index contributed by atoms with van der Waals surface area (Å²) < 4.78 is 29.0. The van der Waals surface area contributed by atoms with Gasteiger partial charge in [0.15, 0.2) is 0 Å². The average molecular weight is 473 g/mol. The standard InChI is InChI=1S/C26H21F2N5O2/c1-2-29-26(35)31-23-13-16-8-7-15(12-21(16)30-23)18-10-14(6-9-19(18)27)11-22-17-4-3-5-20(28)24(17)25(34)33-32-22/h3-10,12H,2,11,13H2,1H3,(H,33,34)(H2,29,30,31,35). The lowest BCUT2D eigenvalue weighted by atomic mass is 9.97. The molecule has 0 bridgehead atoms. The lowest BCUT2D eigenvalue weighted by molar-refractivity contribution is 0.245. The van der Waals surface area contributed by atoms with E-state index in [0.29, 0.717) is 46.7 Å². The molecule has 1 aliphatic rings. The summed E-state index contributed by atoms with van der Waals surface area (Å²) in [5.74, 6) is -0.491. The van der Waals surface area contributed by atoms with Crippen LogP contribution in [0.5, 0.6) is 0 Å². The monoisotopic (exact) mass is 473 g/mol. The molecule has 0 unspecified atom stereocenters. The van der Waals surface area contributed by atoms with Crippen molar-refractivity contribution in [2.75, 3.05) is 6.54 Å². The van der Waals surface area contributed by atoms with Crippen LogP contribution in [0.25, 0.3) is 21.9 Å². The van der Waals surface area contributed by atoms with Gasteiger partial charge in [0.05, 0.1) is 16.8 Å². The van der Waals surface area contributed by atoms with Crippen LogP contribution in [0.3, 0.4) is 0 Å². The molecule has 0 atom stereocenters. The molecule has 1 aromatic heterocycles. The molecule has 0 spiro atoms. The second-order valence-electron chi connectivity index (χ2n) is 8.22. The van der Waals surface area contributed by atoms with Crippen molar-refractivity contribution in [1.29, 1.82) is 0 Å². The molecule has 176 valence electrons. The molecule has 0 fully saturated rings.